The van der Waals surface area contributed by atoms with Gasteiger partial charge < -0.3 is 19.5 Å². The Morgan fingerprint density at radius 3 is 2.58 bits per heavy atom. The van der Waals surface area contributed by atoms with Crippen LogP contribution in [0.5, 0.6) is 0 Å². The molecule has 1 aliphatic heterocycles. The summed E-state index contributed by atoms with van der Waals surface area (Å²) < 4.78 is 31.5. The molecule has 4 atom stereocenters. The number of halogens is 2. The highest BCUT2D eigenvalue weighted by Crippen LogP contribution is 2.65. The zero-order valence-electron chi connectivity index (χ0n) is 22.2. The van der Waals surface area contributed by atoms with Crippen molar-refractivity contribution in [3.05, 3.63) is 34.1 Å². The number of nitrogens with zero attached hydrogens (tertiary/aromatic N) is 1. The second-order valence-corrected chi connectivity index (χ2v) is 19.5. The highest BCUT2D eigenvalue weighted by atomic mass is 79.9. The predicted molar refractivity (Wildman–Crippen MR) is 146 cm³/mol. The molecule has 2 aliphatic rings. The fourth-order valence-electron chi connectivity index (χ4n) is 4.28. The lowest BCUT2D eigenvalue weighted by Crippen LogP contribution is -2.53. The number of benzene rings is 1. The summed E-state index contributed by atoms with van der Waals surface area (Å²) in [5.74, 6) is -1.66. The molecule has 0 spiro atoms. The first-order valence-electron chi connectivity index (χ1n) is 11.9. The van der Waals surface area contributed by atoms with Crippen LogP contribution in [0.25, 0.3) is 0 Å². The quantitative estimate of drug-likeness (QED) is 0.313. The van der Waals surface area contributed by atoms with Gasteiger partial charge in [-0.25, -0.2) is 14.2 Å². The third kappa shape index (κ3) is 6.52. The van der Waals surface area contributed by atoms with Gasteiger partial charge in [-0.2, -0.15) is 0 Å². The monoisotopic (exact) mass is 602 g/mol. The number of nitrogens with one attached hydrogen (secondary N) is 1. The minimum Gasteiger partial charge on any atom is -0.468 e. The molecule has 11 heteroatoms. The summed E-state index contributed by atoms with van der Waals surface area (Å²) in [4.78, 5) is 30.5. The van der Waals surface area contributed by atoms with Gasteiger partial charge in [0.2, 0.25) is 6.23 Å². The predicted octanol–water partition coefficient (Wildman–Crippen LogP) is 5.45. The van der Waals surface area contributed by atoms with Crippen LogP contribution in [0.15, 0.2) is 27.7 Å². The Kier molecular flexibility index (Phi) is 8.40. The molecule has 1 N–H and O–H groups in total. The maximum atomic E-state index is 15.1. The van der Waals surface area contributed by atoms with E-state index >= 15 is 4.39 Å². The van der Waals surface area contributed by atoms with Crippen LogP contribution in [-0.4, -0.2) is 55.5 Å². The molecule has 3 rings (SSSR count). The summed E-state index contributed by atoms with van der Waals surface area (Å²) in [6.45, 7) is 14.2. The fourth-order valence-corrected chi connectivity index (χ4v) is 6.92. The Labute approximate surface area is 226 Å². The van der Waals surface area contributed by atoms with Gasteiger partial charge in [0.15, 0.2) is 5.17 Å². The Morgan fingerprint density at radius 1 is 1.33 bits per heavy atom. The maximum absolute atomic E-state index is 15.1. The number of hydrogen-bond donors (Lipinski definition) is 1. The van der Waals surface area contributed by atoms with Gasteiger partial charge in [0.1, 0.15) is 16.2 Å². The van der Waals surface area contributed by atoms with Crippen molar-refractivity contribution < 1.29 is 28.2 Å². The summed E-state index contributed by atoms with van der Waals surface area (Å²) in [6, 6.07) is 5.55. The van der Waals surface area contributed by atoms with Gasteiger partial charge in [-0.1, -0.05) is 47.3 Å². The van der Waals surface area contributed by atoms with Crippen molar-refractivity contribution in [1.82, 2.24) is 5.32 Å². The normalized spacial score (nSPS) is 27.6. The highest BCUT2D eigenvalue weighted by molar-refractivity contribution is 9.10. The third-order valence-electron chi connectivity index (χ3n) is 6.24. The van der Waals surface area contributed by atoms with E-state index in [2.05, 4.69) is 45.9 Å². The zero-order valence-corrected chi connectivity index (χ0v) is 25.6. The Hall–Kier alpha value is -1.43. The molecule has 1 aromatic carbocycles. The first-order valence-corrected chi connectivity index (χ1v) is 17.3. The SMILES string of the molecule is COC(=O)[C@]12C[C@H]1[C@@](C)(c1cc(Br)ccc1F)N/C(=N/[C@@H](OCC[Si](C)(C)C)C(=O)OC(C)(C)C)S2. The van der Waals surface area contributed by atoms with E-state index in [0.29, 0.717) is 28.2 Å². The van der Waals surface area contributed by atoms with Gasteiger partial charge in [-0.15, -0.1) is 0 Å². The lowest BCUT2D eigenvalue weighted by molar-refractivity contribution is -0.167. The molecule has 0 radical (unpaired) electrons. The summed E-state index contributed by atoms with van der Waals surface area (Å²) in [5, 5.41) is 3.63. The number of hydrogen-bond acceptors (Lipinski definition) is 7. The Morgan fingerprint density at radius 2 is 2.00 bits per heavy atom. The average Bonchev–Trinajstić information content (AvgIpc) is 3.49. The number of thioether (sulfide) groups is 1. The van der Waals surface area contributed by atoms with E-state index < -0.39 is 47.9 Å². The molecule has 200 valence electrons. The van der Waals surface area contributed by atoms with E-state index in [1.54, 1.807) is 32.9 Å². The van der Waals surface area contributed by atoms with Crippen LogP contribution in [-0.2, 0) is 29.3 Å². The van der Waals surface area contributed by atoms with Gasteiger partial charge in [0.05, 0.1) is 12.6 Å². The lowest BCUT2D eigenvalue weighted by atomic mass is 9.85. The number of fused-ring (bicyclic) bond motifs is 1. The van der Waals surface area contributed by atoms with Crippen molar-refractivity contribution in [3.8, 4) is 0 Å². The number of carbonyl (C=O) groups is 2. The number of ether oxygens (including phenoxy) is 3. The van der Waals surface area contributed by atoms with Crippen molar-refractivity contribution in [2.24, 2.45) is 10.9 Å². The van der Waals surface area contributed by atoms with Crippen LogP contribution < -0.4 is 5.32 Å². The number of amidine groups is 1. The van der Waals surface area contributed by atoms with Gasteiger partial charge >= 0.3 is 11.9 Å². The highest BCUT2D eigenvalue weighted by Gasteiger charge is 2.72. The number of rotatable bonds is 8. The van der Waals surface area contributed by atoms with Gasteiger partial charge in [0.25, 0.3) is 0 Å². The van der Waals surface area contributed by atoms with Crippen molar-refractivity contribution in [1.29, 1.82) is 0 Å². The first-order chi connectivity index (χ1) is 16.5. The van der Waals surface area contributed by atoms with Crippen LogP contribution in [0.1, 0.15) is 39.7 Å². The topological polar surface area (TPSA) is 86.2 Å². The fraction of sp³-hybridized carbons (Fsp3) is 0.640. The van der Waals surface area contributed by atoms with E-state index in [1.807, 2.05) is 6.92 Å². The minimum atomic E-state index is -1.43. The van der Waals surface area contributed by atoms with E-state index in [-0.39, 0.29) is 5.92 Å². The average molecular weight is 604 g/mol. The molecule has 1 saturated carbocycles. The molecule has 1 aliphatic carbocycles. The van der Waals surface area contributed by atoms with E-state index in [0.717, 1.165) is 6.04 Å². The van der Waals surface area contributed by atoms with Crippen molar-refractivity contribution >= 4 is 52.9 Å². The zero-order chi connectivity index (χ0) is 27.1. The second kappa shape index (κ2) is 10.4. The van der Waals surface area contributed by atoms with Crippen molar-refractivity contribution in [3.63, 3.8) is 0 Å². The van der Waals surface area contributed by atoms with E-state index in [4.69, 9.17) is 14.2 Å². The van der Waals surface area contributed by atoms with Crippen LogP contribution >= 0.6 is 27.7 Å². The number of carbonyl (C=O) groups excluding carboxylic acids is 2. The van der Waals surface area contributed by atoms with Crippen LogP contribution in [0.3, 0.4) is 0 Å². The number of aliphatic imine (C=N–C) groups is 1. The Bertz CT molecular complexity index is 1060. The van der Waals surface area contributed by atoms with Gasteiger partial charge in [-0.05, 0) is 58.4 Å². The molecule has 0 bridgehead atoms. The Balaban J connectivity index is 2.01. The molecule has 1 saturated heterocycles. The molecule has 0 aromatic heterocycles. The summed E-state index contributed by atoms with van der Waals surface area (Å²) in [5.41, 5.74) is -1.30. The maximum Gasteiger partial charge on any atom is 0.359 e. The largest absolute Gasteiger partial charge is 0.468 e. The van der Waals surface area contributed by atoms with Crippen LogP contribution in [0.4, 0.5) is 4.39 Å². The summed E-state index contributed by atoms with van der Waals surface area (Å²) in [7, 11) is -0.0875. The molecule has 2 fully saturated rings. The molecular weight excluding hydrogens is 567 g/mol. The molecule has 1 aromatic rings. The lowest BCUT2D eigenvalue weighted by Gasteiger charge is -2.39. The second-order valence-electron chi connectivity index (χ2n) is 11.7. The third-order valence-corrected chi connectivity index (χ3v) is 9.82. The molecular formula is C25H36BrFN2O5SSi. The number of methoxy groups -OCH3 is 1. The molecule has 1 heterocycles. The first kappa shape index (κ1) is 29.1. The smallest absolute Gasteiger partial charge is 0.359 e. The van der Waals surface area contributed by atoms with Crippen molar-refractivity contribution in [2.75, 3.05) is 13.7 Å². The van der Waals surface area contributed by atoms with Gasteiger partial charge in [0, 0.05) is 30.6 Å². The minimum absolute atomic E-state index is 0.238. The molecule has 0 unspecified atom stereocenters. The molecule has 36 heavy (non-hydrogen) atoms. The molecule has 0 amide bonds. The van der Waals surface area contributed by atoms with Crippen molar-refractivity contribution in [2.45, 2.75) is 81.9 Å². The van der Waals surface area contributed by atoms with E-state index in [9.17, 15) is 9.59 Å². The van der Waals surface area contributed by atoms with Crippen LogP contribution in [0, 0.1) is 11.7 Å². The summed E-state index contributed by atoms with van der Waals surface area (Å²) >= 11 is 4.63. The molecule has 7 nitrogen and oxygen atoms in total. The van der Waals surface area contributed by atoms with Gasteiger partial charge in [-0.3, -0.25) is 4.79 Å². The summed E-state index contributed by atoms with van der Waals surface area (Å²) in [6.07, 6.45) is -0.746. The van der Waals surface area contributed by atoms with E-state index in [1.165, 1.54) is 24.9 Å². The standard InChI is InChI=1S/C25H36BrFN2O5SSi/c1-23(2,3)34-20(30)19(33-11-12-36(6,7)8)28-22-29-24(4,16-13-15(26)9-10-17(16)27)18-14-25(18,35-22)21(31)32-5/h9-10,13,18-19H,11-12,14H2,1-8H3,(H,28,29)/t18-,19-,24+,25-/m0/s1. The number of esters is 2. The van der Waals surface area contributed by atoms with Crippen LogP contribution in [0.2, 0.25) is 25.7 Å².